The topological polar surface area (TPSA) is 55.2 Å². The lowest BCUT2D eigenvalue weighted by Gasteiger charge is -2.04. The first-order valence-electron chi connectivity index (χ1n) is 19.6. The number of H-pyrrole nitrogens is 1. The highest BCUT2D eigenvalue weighted by Crippen LogP contribution is 2.41. The van der Waals surface area contributed by atoms with E-state index in [2.05, 4.69) is 175 Å². The molecule has 0 aliphatic carbocycles. The van der Waals surface area contributed by atoms with Crippen LogP contribution in [0.2, 0.25) is 0 Å². The number of fused-ring (bicyclic) bond motifs is 12. The van der Waals surface area contributed by atoms with Crippen molar-refractivity contribution in [3.8, 4) is 44.5 Å². The van der Waals surface area contributed by atoms with Gasteiger partial charge in [-0.15, -0.1) is 0 Å². The number of furan rings is 3. The Kier molecular flexibility index (Phi) is 6.41. The fraction of sp³-hybridized carbons (Fsp3) is 0. The zero-order valence-electron chi connectivity index (χ0n) is 31.0. The molecule has 0 atom stereocenters. The molecule has 0 aliphatic rings. The van der Waals surface area contributed by atoms with E-state index in [0.717, 1.165) is 99.1 Å². The van der Waals surface area contributed by atoms with E-state index in [9.17, 15) is 0 Å². The molecule has 58 heavy (non-hydrogen) atoms. The lowest BCUT2D eigenvalue weighted by Crippen LogP contribution is -1.79. The molecule has 270 valence electrons. The van der Waals surface area contributed by atoms with Gasteiger partial charge in [-0.3, -0.25) is 0 Å². The van der Waals surface area contributed by atoms with Gasteiger partial charge in [0, 0.05) is 60.2 Å². The van der Waals surface area contributed by atoms with Crippen molar-refractivity contribution in [1.29, 1.82) is 0 Å². The molecule has 0 saturated heterocycles. The Hall–Kier alpha value is -7.82. The van der Waals surface area contributed by atoms with Gasteiger partial charge in [0.1, 0.15) is 33.5 Å². The van der Waals surface area contributed by atoms with E-state index in [0.29, 0.717) is 0 Å². The summed E-state index contributed by atoms with van der Waals surface area (Å²) in [6.07, 6.45) is 0. The van der Waals surface area contributed by atoms with Crippen LogP contribution in [0.25, 0.3) is 132 Å². The Balaban J connectivity index is 0.912. The van der Waals surface area contributed by atoms with Gasteiger partial charge in [0.25, 0.3) is 0 Å². The molecule has 0 aliphatic heterocycles. The van der Waals surface area contributed by atoms with Crippen molar-refractivity contribution >= 4 is 87.6 Å². The molecule has 0 spiro atoms. The molecule has 4 nitrogen and oxygen atoms in total. The van der Waals surface area contributed by atoms with E-state index < -0.39 is 0 Å². The first-order valence-corrected chi connectivity index (χ1v) is 19.6. The van der Waals surface area contributed by atoms with Crippen molar-refractivity contribution in [3.05, 3.63) is 182 Å². The van der Waals surface area contributed by atoms with Crippen LogP contribution < -0.4 is 0 Å². The van der Waals surface area contributed by atoms with Crippen LogP contribution in [0.4, 0.5) is 0 Å². The van der Waals surface area contributed by atoms with Crippen molar-refractivity contribution in [2.75, 3.05) is 0 Å². The lowest BCUT2D eigenvalue weighted by molar-refractivity contribution is 0.656. The Bertz CT molecular complexity index is 3540. The molecule has 4 aromatic heterocycles. The number of hydrogen-bond acceptors (Lipinski definition) is 3. The van der Waals surface area contributed by atoms with E-state index in [4.69, 9.17) is 13.3 Å². The minimum Gasteiger partial charge on any atom is -0.456 e. The molecular formula is C54H31NO3. The highest BCUT2D eigenvalue weighted by molar-refractivity contribution is 6.17. The summed E-state index contributed by atoms with van der Waals surface area (Å²) in [6.45, 7) is 0. The second kappa shape index (κ2) is 11.8. The zero-order valence-corrected chi connectivity index (χ0v) is 31.0. The summed E-state index contributed by atoms with van der Waals surface area (Å²) in [5, 5.41) is 8.93. The molecule has 4 heteroatoms. The third-order valence-electron chi connectivity index (χ3n) is 12.0. The van der Waals surface area contributed by atoms with Crippen LogP contribution in [0, 0.1) is 0 Å². The summed E-state index contributed by atoms with van der Waals surface area (Å²) in [6, 6.07) is 64.6. The van der Waals surface area contributed by atoms with Gasteiger partial charge in [-0.05, 0) is 123 Å². The van der Waals surface area contributed by atoms with Gasteiger partial charge in [-0.1, -0.05) is 97.1 Å². The maximum atomic E-state index is 6.44. The molecule has 0 saturated carbocycles. The molecule has 0 bridgehead atoms. The fourth-order valence-electron chi connectivity index (χ4n) is 9.06. The third kappa shape index (κ3) is 4.76. The molecule has 0 unspecified atom stereocenters. The van der Waals surface area contributed by atoms with Gasteiger partial charge >= 0.3 is 0 Å². The highest BCUT2D eigenvalue weighted by Gasteiger charge is 2.17. The standard InChI is InChI=1S/C54H31NO3/c1-3-7-31(8-4-1)33-11-17-47-39(23-33)40-24-35(12-18-48(40)55-47)36-15-21-51-43(27-36)45-29-46-44-28-38(16-22-52(44)58-54(46)30-53(45)57-51)37-14-20-50-42(26-37)41-25-34(13-19-49(41)56-50)32-9-5-2-6-10-32/h1-30,55H. The Morgan fingerprint density at radius 1 is 0.224 bits per heavy atom. The third-order valence-corrected chi connectivity index (χ3v) is 12.0. The first kappa shape index (κ1) is 31.4. The Morgan fingerprint density at radius 2 is 0.534 bits per heavy atom. The van der Waals surface area contributed by atoms with Gasteiger partial charge in [-0.25, -0.2) is 0 Å². The van der Waals surface area contributed by atoms with E-state index >= 15 is 0 Å². The largest absolute Gasteiger partial charge is 0.456 e. The number of nitrogens with one attached hydrogen (secondary N) is 1. The van der Waals surface area contributed by atoms with Crippen LogP contribution in [0.5, 0.6) is 0 Å². The summed E-state index contributed by atoms with van der Waals surface area (Å²) >= 11 is 0. The number of aromatic nitrogens is 1. The van der Waals surface area contributed by atoms with E-state index in [1.165, 1.54) is 33.0 Å². The number of aromatic amines is 1. The summed E-state index contributed by atoms with van der Waals surface area (Å²) in [5.74, 6) is 0. The van der Waals surface area contributed by atoms with Crippen molar-refractivity contribution in [1.82, 2.24) is 4.98 Å². The summed E-state index contributed by atoms with van der Waals surface area (Å²) in [4.78, 5) is 3.62. The number of benzene rings is 9. The summed E-state index contributed by atoms with van der Waals surface area (Å²) in [7, 11) is 0. The van der Waals surface area contributed by atoms with Gasteiger partial charge in [0.05, 0.1) is 0 Å². The molecule has 4 heterocycles. The number of rotatable bonds is 4. The second-order valence-electron chi connectivity index (χ2n) is 15.4. The van der Waals surface area contributed by atoms with Gasteiger partial charge in [0.2, 0.25) is 0 Å². The smallest absolute Gasteiger partial charge is 0.139 e. The maximum Gasteiger partial charge on any atom is 0.139 e. The van der Waals surface area contributed by atoms with Gasteiger partial charge in [0.15, 0.2) is 0 Å². The zero-order chi connectivity index (χ0) is 37.9. The molecular weight excluding hydrogens is 711 g/mol. The first-order chi connectivity index (χ1) is 28.7. The Morgan fingerprint density at radius 3 is 0.931 bits per heavy atom. The van der Waals surface area contributed by atoms with Crippen LogP contribution in [0.3, 0.4) is 0 Å². The summed E-state index contributed by atoms with van der Waals surface area (Å²) < 4.78 is 19.2. The second-order valence-corrected chi connectivity index (χ2v) is 15.4. The average molecular weight is 742 g/mol. The molecule has 13 aromatic rings. The van der Waals surface area contributed by atoms with Gasteiger partial charge < -0.3 is 18.2 Å². The van der Waals surface area contributed by atoms with Crippen molar-refractivity contribution in [2.24, 2.45) is 0 Å². The normalized spacial score (nSPS) is 12.1. The molecule has 9 aromatic carbocycles. The van der Waals surface area contributed by atoms with Crippen molar-refractivity contribution in [3.63, 3.8) is 0 Å². The fourth-order valence-corrected chi connectivity index (χ4v) is 9.06. The van der Waals surface area contributed by atoms with Crippen molar-refractivity contribution in [2.45, 2.75) is 0 Å². The average Bonchev–Trinajstić information content (AvgIpc) is 4.04. The molecule has 0 amide bonds. The van der Waals surface area contributed by atoms with Crippen LogP contribution >= 0.6 is 0 Å². The monoisotopic (exact) mass is 741 g/mol. The van der Waals surface area contributed by atoms with E-state index in [1.807, 2.05) is 12.1 Å². The quantitative estimate of drug-likeness (QED) is 0.195. The highest BCUT2D eigenvalue weighted by atomic mass is 16.3. The van der Waals surface area contributed by atoms with E-state index in [-0.39, 0.29) is 0 Å². The maximum absolute atomic E-state index is 6.44. The SMILES string of the molecule is c1ccc(-c2ccc3[nH]c4ccc(-c5ccc6oc7cc8oc9ccc(-c%10ccc%11oc%12ccc(-c%13ccccc%13)cc%12c%11c%10)cc9c8cc7c6c5)cc4c3c2)cc1. The van der Waals surface area contributed by atoms with Gasteiger partial charge in [-0.2, -0.15) is 0 Å². The van der Waals surface area contributed by atoms with Crippen molar-refractivity contribution < 1.29 is 13.3 Å². The van der Waals surface area contributed by atoms with Crippen LogP contribution in [0.15, 0.2) is 195 Å². The minimum absolute atomic E-state index is 0.809. The van der Waals surface area contributed by atoms with E-state index in [1.54, 1.807) is 0 Å². The lowest BCUT2D eigenvalue weighted by atomic mass is 9.98. The Labute approximate surface area is 331 Å². The summed E-state index contributed by atoms with van der Waals surface area (Å²) in [5.41, 5.74) is 16.7. The predicted molar refractivity (Wildman–Crippen MR) is 239 cm³/mol. The van der Waals surface area contributed by atoms with Crippen LogP contribution in [-0.4, -0.2) is 4.98 Å². The molecule has 13 rings (SSSR count). The molecule has 0 fully saturated rings. The van der Waals surface area contributed by atoms with Crippen LogP contribution in [-0.2, 0) is 0 Å². The van der Waals surface area contributed by atoms with Crippen LogP contribution in [0.1, 0.15) is 0 Å². The molecule has 1 N–H and O–H groups in total. The predicted octanol–water partition coefficient (Wildman–Crippen LogP) is 15.7. The number of hydrogen-bond donors (Lipinski definition) is 1. The molecule has 0 radical (unpaired) electrons. The minimum atomic E-state index is 0.809.